The van der Waals surface area contributed by atoms with Gasteiger partial charge in [-0.1, -0.05) is 66.2 Å². The van der Waals surface area contributed by atoms with Crippen molar-refractivity contribution in [2.75, 3.05) is 58.3 Å². The van der Waals surface area contributed by atoms with Crippen molar-refractivity contribution in [3.05, 3.63) is 169 Å². The first-order chi connectivity index (χ1) is 31.4. The molecule has 0 fully saturated rings. The minimum Gasteiger partial charge on any atom is -0.495 e. The van der Waals surface area contributed by atoms with E-state index in [9.17, 15) is 32.3 Å². The van der Waals surface area contributed by atoms with E-state index in [1.54, 1.807) is 65.4 Å². The number of hydrogen-bond acceptors (Lipinski definition) is 9. The second kappa shape index (κ2) is 20.9. The van der Waals surface area contributed by atoms with Crippen LogP contribution in [-0.4, -0.2) is 81.1 Å². The normalized spacial score (nSPS) is 18.0. The highest BCUT2D eigenvalue weighted by molar-refractivity contribution is 7.10. The minimum absolute atomic E-state index is 0.0394. The molecule has 6 aromatic rings. The molecule has 0 spiro atoms. The molecule has 0 saturated carbocycles. The summed E-state index contributed by atoms with van der Waals surface area (Å²) < 4.78 is 55.2. The lowest BCUT2D eigenvalue weighted by Crippen LogP contribution is -2.47. The predicted octanol–water partition coefficient (Wildman–Crippen LogP) is 10.3. The Morgan fingerprint density at radius 3 is 1.58 bits per heavy atom. The van der Waals surface area contributed by atoms with Crippen molar-refractivity contribution in [3.8, 4) is 5.75 Å². The van der Waals surface area contributed by atoms with E-state index in [1.165, 1.54) is 49.0 Å². The van der Waals surface area contributed by atoms with Gasteiger partial charge < -0.3 is 34.6 Å². The molecule has 4 unspecified atom stereocenters. The number of anilines is 2. The lowest BCUT2D eigenvalue weighted by atomic mass is 9.81. The number of hydrogen-bond donors (Lipinski definition) is 2. The van der Waals surface area contributed by atoms with Gasteiger partial charge in [-0.15, -0.1) is 22.7 Å². The van der Waals surface area contributed by atoms with Crippen LogP contribution in [0.4, 0.5) is 24.5 Å². The molecule has 8 rings (SSSR count). The second-order valence-corrected chi connectivity index (χ2v) is 17.3. The number of thiophene rings is 2. The fourth-order valence-corrected chi connectivity index (χ4v) is 10.1. The van der Waals surface area contributed by atoms with Crippen LogP contribution in [0, 0.1) is 0 Å². The second-order valence-electron chi connectivity index (χ2n) is 14.9. The number of carbonyl (C=O) groups excluding carboxylic acids is 4. The minimum atomic E-state index is -4.53. The molecule has 4 amide bonds. The Morgan fingerprint density at radius 1 is 0.646 bits per heavy atom. The molecule has 65 heavy (non-hydrogen) atoms. The van der Waals surface area contributed by atoms with E-state index in [1.807, 2.05) is 53.2 Å². The summed E-state index contributed by atoms with van der Waals surface area (Å²) in [5.74, 6) is -1.96. The average molecular weight is 945 g/mol. The quantitative estimate of drug-likeness (QED) is 0.118. The van der Waals surface area contributed by atoms with E-state index < -0.39 is 41.6 Å². The molecule has 2 aliphatic heterocycles. The number of halogens is 4. The highest BCUT2D eigenvalue weighted by atomic mass is 35.5. The third-order valence-electron chi connectivity index (χ3n) is 11.1. The van der Waals surface area contributed by atoms with Crippen LogP contribution in [-0.2, 0) is 25.2 Å². The number of nitrogens with one attached hydrogen (secondary N) is 2. The van der Waals surface area contributed by atoms with Crippen LogP contribution in [0.25, 0.3) is 0 Å². The molecule has 0 saturated heterocycles. The number of amides is 4. The van der Waals surface area contributed by atoms with Crippen molar-refractivity contribution in [1.29, 1.82) is 0 Å². The van der Waals surface area contributed by atoms with Crippen LogP contribution in [0.2, 0.25) is 5.02 Å². The molecule has 11 nitrogen and oxygen atoms in total. The fourth-order valence-electron chi connectivity index (χ4n) is 8.12. The molecule has 17 heteroatoms. The van der Waals surface area contributed by atoms with Gasteiger partial charge in [0.05, 0.1) is 54.8 Å². The fraction of sp³-hybridized carbons (Fsp3) is 0.250. The topological polar surface area (TPSA) is 127 Å². The van der Waals surface area contributed by atoms with Gasteiger partial charge in [-0.2, -0.15) is 13.2 Å². The lowest BCUT2D eigenvalue weighted by Gasteiger charge is -2.41. The van der Waals surface area contributed by atoms with Gasteiger partial charge in [-0.05, 0) is 76.5 Å². The largest absolute Gasteiger partial charge is 0.495 e. The Morgan fingerprint density at radius 2 is 1.14 bits per heavy atom. The number of carbonyl (C=O) groups is 4. The molecule has 4 aromatic carbocycles. The van der Waals surface area contributed by atoms with Gasteiger partial charge in [0.15, 0.2) is 0 Å². The first-order valence-corrected chi connectivity index (χ1v) is 22.5. The summed E-state index contributed by atoms with van der Waals surface area (Å²) in [6.45, 7) is 1.29. The van der Waals surface area contributed by atoms with Crippen molar-refractivity contribution < 1.29 is 46.6 Å². The maximum absolute atomic E-state index is 13.7. The summed E-state index contributed by atoms with van der Waals surface area (Å²) in [4.78, 5) is 59.1. The first-order valence-electron chi connectivity index (χ1n) is 20.3. The maximum Gasteiger partial charge on any atom is 0.416 e. The molecule has 338 valence electrons. The zero-order valence-electron chi connectivity index (χ0n) is 35.3. The van der Waals surface area contributed by atoms with Crippen LogP contribution in [0.15, 0.2) is 126 Å². The Labute approximate surface area is 386 Å². The van der Waals surface area contributed by atoms with Crippen LogP contribution in [0.5, 0.6) is 5.75 Å². The summed E-state index contributed by atoms with van der Waals surface area (Å²) in [6, 6.07) is 30.3. The van der Waals surface area contributed by atoms with Gasteiger partial charge in [0.25, 0.3) is 11.8 Å². The SMILES string of the molecule is COCCN1C(=O)c2ccccc2C(C(=O)Nc2ccc(Cl)c(OC)c2)C1c1cccs1.COCCN1C(=O)c2ccccc2C(C(=O)Nc2cccc(C(F)(F)F)c2)C1c1cccs1. The number of alkyl halides is 3. The number of ether oxygens (including phenoxy) is 3. The van der Waals surface area contributed by atoms with Gasteiger partial charge in [0, 0.05) is 65.6 Å². The van der Waals surface area contributed by atoms with E-state index >= 15 is 0 Å². The lowest BCUT2D eigenvalue weighted by molar-refractivity contribution is -0.137. The van der Waals surface area contributed by atoms with Crippen molar-refractivity contribution in [2.45, 2.75) is 30.1 Å². The van der Waals surface area contributed by atoms with Crippen LogP contribution < -0.4 is 15.4 Å². The maximum atomic E-state index is 13.7. The standard InChI is InChI=1S/C24H23ClN2O4S.C24H21F3N2O3S/c1-30-12-11-27-22(20-8-5-13-32-20)21(16-6-3-4-7-17(16)24(27)29)23(28)26-15-9-10-18(25)19(14-15)31-2;1-32-12-11-29-21(19-10-5-13-33-19)20(17-8-2-3-9-18(17)23(29)31)22(30)28-16-7-4-6-15(14-16)24(25,26)27/h3-10,13-14,21-22H,11-12H2,1-2H3,(H,26,28);2-10,13-14,20-21H,11-12H2,1H3,(H,28,30). The smallest absolute Gasteiger partial charge is 0.416 e. The Hall–Kier alpha value is -6.04. The number of rotatable bonds is 13. The number of fused-ring (bicyclic) bond motifs is 2. The first kappa shape index (κ1) is 46.9. The summed E-state index contributed by atoms with van der Waals surface area (Å²) in [5, 5.41) is 9.91. The Kier molecular flexibility index (Phi) is 15.1. The van der Waals surface area contributed by atoms with Crippen molar-refractivity contribution >= 4 is 69.3 Å². The van der Waals surface area contributed by atoms with Crippen molar-refractivity contribution in [3.63, 3.8) is 0 Å². The van der Waals surface area contributed by atoms with E-state index in [-0.39, 0.29) is 36.6 Å². The summed E-state index contributed by atoms with van der Waals surface area (Å²) in [7, 11) is 4.65. The molecular formula is C48H44ClF3N4O7S2. The summed E-state index contributed by atoms with van der Waals surface area (Å²) in [5.41, 5.74) is 1.94. The molecule has 2 aromatic heterocycles. The molecule has 4 heterocycles. The van der Waals surface area contributed by atoms with Gasteiger partial charge in [-0.25, -0.2) is 0 Å². The Bertz CT molecular complexity index is 2630. The number of benzene rings is 4. The zero-order chi connectivity index (χ0) is 46.3. The Balaban J connectivity index is 0.000000194. The van der Waals surface area contributed by atoms with E-state index in [0.717, 1.165) is 21.9 Å². The molecule has 2 aliphatic rings. The van der Waals surface area contributed by atoms with E-state index in [0.29, 0.717) is 51.9 Å². The molecule has 0 radical (unpaired) electrons. The van der Waals surface area contributed by atoms with Crippen LogP contribution in [0.1, 0.15) is 71.1 Å². The van der Waals surface area contributed by atoms with Crippen LogP contribution >= 0.6 is 34.3 Å². The number of methoxy groups -OCH3 is 3. The predicted molar refractivity (Wildman–Crippen MR) is 245 cm³/mol. The van der Waals surface area contributed by atoms with Crippen molar-refractivity contribution in [1.82, 2.24) is 9.80 Å². The van der Waals surface area contributed by atoms with Crippen molar-refractivity contribution in [2.24, 2.45) is 0 Å². The van der Waals surface area contributed by atoms with E-state index in [2.05, 4.69) is 10.6 Å². The molecular weight excluding hydrogens is 901 g/mol. The highest BCUT2D eigenvalue weighted by Crippen LogP contribution is 2.46. The zero-order valence-corrected chi connectivity index (χ0v) is 37.7. The third kappa shape index (κ3) is 10.3. The van der Waals surface area contributed by atoms with E-state index in [4.69, 9.17) is 25.8 Å². The van der Waals surface area contributed by atoms with Gasteiger partial charge >= 0.3 is 6.18 Å². The average Bonchev–Trinajstić information content (AvgIpc) is 4.05. The third-order valence-corrected chi connectivity index (χ3v) is 13.3. The van der Waals surface area contributed by atoms with Gasteiger partial charge in [-0.3, -0.25) is 19.2 Å². The number of nitrogens with zero attached hydrogens (tertiary/aromatic N) is 2. The highest BCUT2D eigenvalue weighted by Gasteiger charge is 2.46. The van der Waals surface area contributed by atoms with Gasteiger partial charge in [0.1, 0.15) is 5.75 Å². The monoisotopic (exact) mass is 944 g/mol. The van der Waals surface area contributed by atoms with Crippen LogP contribution in [0.3, 0.4) is 0 Å². The molecule has 4 atom stereocenters. The summed E-state index contributed by atoms with van der Waals surface area (Å²) in [6.07, 6.45) is -4.53. The molecule has 0 aliphatic carbocycles. The molecule has 2 N–H and O–H groups in total. The summed E-state index contributed by atoms with van der Waals surface area (Å²) >= 11 is 9.07. The van der Waals surface area contributed by atoms with Gasteiger partial charge in [0.2, 0.25) is 11.8 Å². The molecule has 0 bridgehead atoms.